The minimum Gasteiger partial charge on any atom is -0.347 e. The maximum Gasteiger partial charge on any atom is 0.255 e. The molecule has 1 heterocycles. The third kappa shape index (κ3) is 5.56. The maximum atomic E-state index is 12.7. The normalized spacial score (nSPS) is 11.2. The number of nitrogens with zero attached hydrogens (tertiary/aromatic N) is 2. The van der Waals surface area contributed by atoms with Crippen LogP contribution in [-0.2, 0) is 6.54 Å². The first kappa shape index (κ1) is 21.3. The number of carbonyl (C=O) groups is 2. The van der Waals surface area contributed by atoms with E-state index < -0.39 is 0 Å². The summed E-state index contributed by atoms with van der Waals surface area (Å²) in [7, 11) is 0. The fourth-order valence-corrected chi connectivity index (χ4v) is 3.14. The van der Waals surface area contributed by atoms with E-state index in [1.165, 1.54) is 0 Å². The number of hydrogen-bond acceptors (Lipinski definition) is 3. The molecule has 2 amide bonds. The molecule has 2 aromatic carbocycles. The molecule has 0 saturated carbocycles. The molecule has 0 aliphatic carbocycles. The quantitative estimate of drug-likeness (QED) is 0.665. The summed E-state index contributed by atoms with van der Waals surface area (Å²) < 4.78 is 1.92. The van der Waals surface area contributed by atoms with Crippen molar-refractivity contribution in [2.75, 3.05) is 5.32 Å². The van der Waals surface area contributed by atoms with Gasteiger partial charge in [0, 0.05) is 28.0 Å². The van der Waals surface area contributed by atoms with Gasteiger partial charge < -0.3 is 10.6 Å². The van der Waals surface area contributed by atoms with Crippen LogP contribution >= 0.6 is 0 Å². The van der Waals surface area contributed by atoms with Crippen LogP contribution in [0.15, 0.2) is 54.6 Å². The Hall–Kier alpha value is -3.41. The second-order valence-corrected chi connectivity index (χ2v) is 8.52. The topological polar surface area (TPSA) is 76.0 Å². The molecular formula is C24H28N4O2. The van der Waals surface area contributed by atoms with E-state index in [4.69, 9.17) is 0 Å². The van der Waals surface area contributed by atoms with Crippen molar-refractivity contribution in [2.24, 2.45) is 0 Å². The van der Waals surface area contributed by atoms with Gasteiger partial charge in [0.2, 0.25) is 0 Å². The molecule has 156 valence electrons. The maximum absolute atomic E-state index is 12.7. The molecular weight excluding hydrogens is 376 g/mol. The van der Waals surface area contributed by atoms with Crippen molar-refractivity contribution in [1.29, 1.82) is 0 Å². The number of rotatable bonds is 5. The van der Waals surface area contributed by atoms with Crippen molar-refractivity contribution < 1.29 is 9.59 Å². The standard InChI is InChI=1S/C24H28N4O2/c1-16-13-17(2)28(27-16)15-18-7-6-8-20(14-18)22(29)25-21-11-9-19(10-12-21)23(30)26-24(3,4)5/h6-14H,15H2,1-5H3,(H,25,29)(H,26,30). The van der Waals surface area contributed by atoms with E-state index in [-0.39, 0.29) is 17.4 Å². The van der Waals surface area contributed by atoms with Crippen LogP contribution in [0.4, 0.5) is 5.69 Å². The number of carbonyl (C=O) groups excluding carboxylic acids is 2. The van der Waals surface area contributed by atoms with Crippen LogP contribution < -0.4 is 10.6 Å². The number of nitrogens with one attached hydrogen (secondary N) is 2. The summed E-state index contributed by atoms with van der Waals surface area (Å²) in [5.74, 6) is -0.339. The lowest BCUT2D eigenvalue weighted by Gasteiger charge is -2.20. The third-order valence-electron chi connectivity index (χ3n) is 4.52. The Morgan fingerprint density at radius 2 is 1.63 bits per heavy atom. The molecule has 0 spiro atoms. The Labute approximate surface area is 177 Å². The van der Waals surface area contributed by atoms with Gasteiger partial charge in [-0.2, -0.15) is 5.10 Å². The van der Waals surface area contributed by atoms with Crippen LogP contribution in [0.1, 0.15) is 58.4 Å². The number of aromatic nitrogens is 2. The third-order valence-corrected chi connectivity index (χ3v) is 4.52. The molecule has 0 fully saturated rings. The number of anilines is 1. The minimum absolute atomic E-state index is 0.141. The van der Waals surface area contributed by atoms with Crippen molar-refractivity contribution in [3.63, 3.8) is 0 Å². The summed E-state index contributed by atoms with van der Waals surface area (Å²) in [5.41, 5.74) is 4.51. The molecule has 0 unspecified atom stereocenters. The van der Waals surface area contributed by atoms with E-state index >= 15 is 0 Å². The highest BCUT2D eigenvalue weighted by atomic mass is 16.2. The zero-order chi connectivity index (χ0) is 21.9. The number of hydrogen-bond donors (Lipinski definition) is 2. The molecule has 0 saturated heterocycles. The Morgan fingerprint density at radius 3 is 2.23 bits per heavy atom. The van der Waals surface area contributed by atoms with Gasteiger partial charge in [0.15, 0.2) is 0 Å². The number of aryl methyl sites for hydroxylation is 2. The molecule has 3 aromatic rings. The molecule has 6 heteroatoms. The Balaban J connectivity index is 1.67. The second kappa shape index (κ2) is 8.53. The van der Waals surface area contributed by atoms with Gasteiger partial charge in [0.25, 0.3) is 11.8 Å². The molecule has 0 aliphatic heterocycles. The number of benzene rings is 2. The monoisotopic (exact) mass is 404 g/mol. The van der Waals surface area contributed by atoms with Gasteiger partial charge >= 0.3 is 0 Å². The van der Waals surface area contributed by atoms with Crippen molar-refractivity contribution in [2.45, 2.75) is 46.7 Å². The Kier molecular flexibility index (Phi) is 6.06. The van der Waals surface area contributed by atoms with Gasteiger partial charge in [-0.05, 0) is 82.6 Å². The van der Waals surface area contributed by atoms with E-state index in [1.54, 1.807) is 30.3 Å². The first-order chi connectivity index (χ1) is 14.1. The van der Waals surface area contributed by atoms with Crippen molar-refractivity contribution >= 4 is 17.5 Å². The molecule has 1 aromatic heterocycles. The molecule has 0 atom stereocenters. The second-order valence-electron chi connectivity index (χ2n) is 8.52. The fourth-order valence-electron chi connectivity index (χ4n) is 3.14. The van der Waals surface area contributed by atoms with Crippen LogP contribution in [0.3, 0.4) is 0 Å². The lowest BCUT2D eigenvalue weighted by Crippen LogP contribution is -2.40. The molecule has 2 N–H and O–H groups in total. The average molecular weight is 405 g/mol. The summed E-state index contributed by atoms with van der Waals surface area (Å²) in [6.45, 7) is 10.4. The van der Waals surface area contributed by atoms with E-state index in [2.05, 4.69) is 15.7 Å². The smallest absolute Gasteiger partial charge is 0.255 e. The molecule has 0 aliphatic rings. The predicted octanol–water partition coefficient (Wildman–Crippen LogP) is 4.33. The Bertz CT molecular complexity index is 1060. The highest BCUT2D eigenvalue weighted by Gasteiger charge is 2.15. The van der Waals surface area contributed by atoms with Crippen LogP contribution in [0.5, 0.6) is 0 Å². The fraction of sp³-hybridized carbons (Fsp3) is 0.292. The summed E-state index contributed by atoms with van der Waals surface area (Å²) in [4.78, 5) is 24.9. The molecule has 3 rings (SSSR count). The molecule has 0 bridgehead atoms. The summed E-state index contributed by atoms with van der Waals surface area (Å²) in [6.07, 6.45) is 0. The molecule has 0 radical (unpaired) electrons. The molecule has 30 heavy (non-hydrogen) atoms. The Morgan fingerprint density at radius 1 is 0.933 bits per heavy atom. The van der Waals surface area contributed by atoms with Crippen molar-refractivity contribution in [3.05, 3.63) is 82.7 Å². The lowest BCUT2D eigenvalue weighted by molar-refractivity contribution is 0.0919. The van der Waals surface area contributed by atoms with Gasteiger partial charge in [-0.25, -0.2) is 0 Å². The lowest BCUT2D eigenvalue weighted by atomic mass is 10.1. The van der Waals surface area contributed by atoms with Crippen LogP contribution in [0.2, 0.25) is 0 Å². The SMILES string of the molecule is Cc1cc(C)n(Cc2cccc(C(=O)Nc3ccc(C(=O)NC(C)(C)C)cc3)c2)n1. The van der Waals surface area contributed by atoms with Crippen molar-refractivity contribution in [1.82, 2.24) is 15.1 Å². The summed E-state index contributed by atoms with van der Waals surface area (Å²) in [6, 6.07) is 16.4. The van der Waals surface area contributed by atoms with E-state index in [0.717, 1.165) is 17.0 Å². The van der Waals surface area contributed by atoms with E-state index in [1.807, 2.05) is 63.6 Å². The first-order valence-electron chi connectivity index (χ1n) is 9.95. The van der Waals surface area contributed by atoms with Crippen LogP contribution in [-0.4, -0.2) is 27.1 Å². The summed E-state index contributed by atoms with van der Waals surface area (Å²) in [5, 5.41) is 10.3. The van der Waals surface area contributed by atoms with Crippen LogP contribution in [0.25, 0.3) is 0 Å². The largest absolute Gasteiger partial charge is 0.347 e. The zero-order valence-electron chi connectivity index (χ0n) is 18.1. The van der Waals surface area contributed by atoms with E-state index in [0.29, 0.717) is 23.4 Å². The van der Waals surface area contributed by atoms with Gasteiger partial charge in [0.05, 0.1) is 12.2 Å². The minimum atomic E-state index is -0.303. The zero-order valence-corrected chi connectivity index (χ0v) is 18.1. The average Bonchev–Trinajstić information content (AvgIpc) is 2.98. The number of amides is 2. The van der Waals surface area contributed by atoms with Gasteiger partial charge in [-0.1, -0.05) is 12.1 Å². The molecule has 6 nitrogen and oxygen atoms in total. The van der Waals surface area contributed by atoms with Gasteiger partial charge in [-0.3, -0.25) is 14.3 Å². The highest BCUT2D eigenvalue weighted by molar-refractivity contribution is 6.04. The first-order valence-corrected chi connectivity index (χ1v) is 9.95. The summed E-state index contributed by atoms with van der Waals surface area (Å²) >= 11 is 0. The van der Waals surface area contributed by atoms with Gasteiger partial charge in [-0.15, -0.1) is 0 Å². The predicted molar refractivity (Wildman–Crippen MR) is 119 cm³/mol. The van der Waals surface area contributed by atoms with Gasteiger partial charge in [0.1, 0.15) is 0 Å². The van der Waals surface area contributed by atoms with Crippen LogP contribution in [0, 0.1) is 13.8 Å². The van der Waals surface area contributed by atoms with Crippen molar-refractivity contribution in [3.8, 4) is 0 Å². The van der Waals surface area contributed by atoms with E-state index in [9.17, 15) is 9.59 Å². The highest BCUT2D eigenvalue weighted by Crippen LogP contribution is 2.14.